The SMILES string of the molecule is CN(C(=O)c1ccc(Cl)c(S(=O)(=O)NC2CC2)c1)C1CCCc2ccccc21. The van der Waals surface area contributed by atoms with Crippen LogP contribution in [0.2, 0.25) is 5.02 Å². The summed E-state index contributed by atoms with van der Waals surface area (Å²) in [6.45, 7) is 0. The van der Waals surface area contributed by atoms with Crippen molar-refractivity contribution >= 4 is 27.5 Å². The highest BCUT2D eigenvalue weighted by Gasteiger charge is 2.31. The van der Waals surface area contributed by atoms with E-state index in [1.807, 2.05) is 12.1 Å². The van der Waals surface area contributed by atoms with E-state index >= 15 is 0 Å². The summed E-state index contributed by atoms with van der Waals surface area (Å²) >= 11 is 6.14. The third-order valence-corrected chi connectivity index (χ3v) is 7.49. The molecule has 1 fully saturated rings. The highest BCUT2D eigenvalue weighted by Crippen LogP contribution is 2.34. The molecule has 7 heteroatoms. The molecule has 0 aromatic heterocycles. The average molecular weight is 419 g/mol. The molecule has 2 aliphatic rings. The number of halogens is 1. The standard InChI is InChI=1S/C21H23ClN2O3S/c1-24(19-8-4-6-14-5-2-3-7-17(14)19)21(25)15-9-12-18(22)20(13-15)28(26,27)23-16-10-11-16/h2-3,5,7,9,12-13,16,19,23H,4,6,8,10-11H2,1H3. The third-order valence-electron chi connectivity index (χ3n) is 5.49. The molecule has 0 saturated heterocycles. The molecular formula is C21H23ClN2O3S. The monoisotopic (exact) mass is 418 g/mol. The van der Waals surface area contributed by atoms with Crippen LogP contribution in [0.3, 0.4) is 0 Å². The predicted molar refractivity (Wildman–Crippen MR) is 109 cm³/mol. The molecule has 1 N–H and O–H groups in total. The van der Waals surface area contributed by atoms with Crippen molar-refractivity contribution in [2.24, 2.45) is 0 Å². The highest BCUT2D eigenvalue weighted by molar-refractivity contribution is 7.89. The minimum atomic E-state index is -3.74. The van der Waals surface area contributed by atoms with Crippen molar-refractivity contribution in [1.29, 1.82) is 0 Å². The molecule has 1 unspecified atom stereocenters. The summed E-state index contributed by atoms with van der Waals surface area (Å²) in [5, 5.41) is 0.121. The summed E-state index contributed by atoms with van der Waals surface area (Å²) in [5.74, 6) is -0.207. The lowest BCUT2D eigenvalue weighted by atomic mass is 9.87. The van der Waals surface area contributed by atoms with Crippen LogP contribution in [-0.2, 0) is 16.4 Å². The van der Waals surface area contributed by atoms with Crippen LogP contribution in [0.25, 0.3) is 0 Å². The predicted octanol–water partition coefficient (Wildman–Crippen LogP) is 3.93. The van der Waals surface area contributed by atoms with Crippen molar-refractivity contribution in [3.63, 3.8) is 0 Å². The van der Waals surface area contributed by atoms with E-state index in [9.17, 15) is 13.2 Å². The quantitative estimate of drug-likeness (QED) is 0.799. The second-order valence-corrected chi connectivity index (χ2v) is 9.65. The first-order valence-corrected chi connectivity index (χ1v) is 11.4. The van der Waals surface area contributed by atoms with E-state index in [2.05, 4.69) is 16.9 Å². The van der Waals surface area contributed by atoms with Crippen molar-refractivity contribution in [1.82, 2.24) is 9.62 Å². The molecule has 0 radical (unpaired) electrons. The number of benzene rings is 2. The Bertz CT molecular complexity index is 1020. The number of hydrogen-bond donors (Lipinski definition) is 1. The molecule has 0 spiro atoms. The van der Waals surface area contributed by atoms with Gasteiger partial charge in [0.05, 0.1) is 11.1 Å². The molecule has 1 saturated carbocycles. The normalized spacial score (nSPS) is 19.1. The summed E-state index contributed by atoms with van der Waals surface area (Å²) in [4.78, 5) is 14.8. The van der Waals surface area contributed by atoms with Gasteiger partial charge >= 0.3 is 0 Å². The minimum Gasteiger partial charge on any atom is -0.335 e. The number of aryl methyl sites for hydroxylation is 1. The number of sulfonamides is 1. The number of hydrogen-bond acceptors (Lipinski definition) is 3. The Morgan fingerprint density at radius 1 is 1.14 bits per heavy atom. The number of rotatable bonds is 5. The lowest BCUT2D eigenvalue weighted by molar-refractivity contribution is 0.0715. The lowest BCUT2D eigenvalue weighted by Crippen LogP contribution is -2.33. The van der Waals surface area contributed by atoms with Crippen LogP contribution < -0.4 is 4.72 Å². The summed E-state index contributed by atoms with van der Waals surface area (Å²) in [5.41, 5.74) is 2.76. The summed E-state index contributed by atoms with van der Waals surface area (Å²) in [6.07, 6.45) is 4.59. The summed E-state index contributed by atoms with van der Waals surface area (Å²) < 4.78 is 27.8. The van der Waals surface area contributed by atoms with Gasteiger partial charge in [-0.2, -0.15) is 0 Å². The van der Waals surface area contributed by atoms with Gasteiger partial charge in [-0.05, 0) is 61.4 Å². The minimum absolute atomic E-state index is 0.0159. The molecule has 2 aromatic rings. The Labute approximate surface area is 170 Å². The lowest BCUT2D eigenvalue weighted by Gasteiger charge is -2.33. The van der Waals surface area contributed by atoms with Gasteiger partial charge in [-0.1, -0.05) is 35.9 Å². The first kappa shape index (κ1) is 19.4. The fourth-order valence-corrected chi connectivity index (χ4v) is 5.63. The largest absolute Gasteiger partial charge is 0.335 e. The molecule has 0 heterocycles. The Balaban J connectivity index is 1.63. The summed E-state index contributed by atoms with van der Waals surface area (Å²) in [7, 11) is -1.96. The van der Waals surface area contributed by atoms with Gasteiger partial charge in [0.1, 0.15) is 4.90 Å². The van der Waals surface area contributed by atoms with Gasteiger partial charge in [0, 0.05) is 18.7 Å². The zero-order valence-electron chi connectivity index (χ0n) is 15.7. The van der Waals surface area contributed by atoms with Crippen LogP contribution in [0.15, 0.2) is 47.4 Å². The van der Waals surface area contributed by atoms with Gasteiger partial charge in [-0.3, -0.25) is 4.79 Å². The van der Waals surface area contributed by atoms with E-state index in [4.69, 9.17) is 11.6 Å². The zero-order chi connectivity index (χ0) is 19.9. The summed E-state index contributed by atoms with van der Waals surface area (Å²) in [6, 6.07) is 12.6. The van der Waals surface area contributed by atoms with Gasteiger partial charge in [0.15, 0.2) is 0 Å². The van der Waals surface area contributed by atoms with Gasteiger partial charge in [0.2, 0.25) is 10.0 Å². The van der Waals surface area contributed by atoms with Crippen molar-refractivity contribution in [3.8, 4) is 0 Å². The first-order valence-electron chi connectivity index (χ1n) is 9.53. The van der Waals surface area contributed by atoms with Crippen molar-refractivity contribution in [3.05, 3.63) is 64.2 Å². The third kappa shape index (κ3) is 3.81. The van der Waals surface area contributed by atoms with Gasteiger partial charge in [0.25, 0.3) is 5.91 Å². The van der Waals surface area contributed by atoms with Crippen LogP contribution >= 0.6 is 11.6 Å². The van der Waals surface area contributed by atoms with E-state index in [0.29, 0.717) is 5.56 Å². The molecule has 0 aliphatic heterocycles. The van der Waals surface area contributed by atoms with Crippen LogP contribution in [0.1, 0.15) is 53.2 Å². The molecular weight excluding hydrogens is 396 g/mol. The van der Waals surface area contributed by atoms with E-state index < -0.39 is 10.0 Å². The Hall–Kier alpha value is -1.89. The van der Waals surface area contributed by atoms with E-state index in [1.54, 1.807) is 18.0 Å². The van der Waals surface area contributed by atoms with Gasteiger partial charge in [-0.15, -0.1) is 0 Å². The highest BCUT2D eigenvalue weighted by atomic mass is 35.5. The number of nitrogens with one attached hydrogen (secondary N) is 1. The van der Waals surface area contributed by atoms with Crippen LogP contribution in [-0.4, -0.2) is 32.3 Å². The topological polar surface area (TPSA) is 66.5 Å². The first-order chi connectivity index (χ1) is 13.4. The number of amides is 1. The molecule has 0 bridgehead atoms. The molecule has 4 rings (SSSR count). The molecule has 148 valence electrons. The molecule has 1 amide bonds. The van der Waals surface area contributed by atoms with Crippen LogP contribution in [0.5, 0.6) is 0 Å². The number of fused-ring (bicyclic) bond motifs is 1. The molecule has 2 aromatic carbocycles. The van der Waals surface area contributed by atoms with E-state index in [-0.39, 0.29) is 27.9 Å². The second-order valence-electron chi connectivity index (χ2n) is 7.56. The molecule has 28 heavy (non-hydrogen) atoms. The number of carbonyl (C=O) groups is 1. The fourth-order valence-electron chi connectivity index (χ4n) is 3.80. The molecule has 1 atom stereocenters. The number of nitrogens with zero attached hydrogens (tertiary/aromatic N) is 1. The molecule has 5 nitrogen and oxygen atoms in total. The van der Waals surface area contributed by atoms with Crippen molar-refractivity contribution < 1.29 is 13.2 Å². The zero-order valence-corrected chi connectivity index (χ0v) is 17.3. The van der Waals surface area contributed by atoms with Gasteiger partial charge in [-0.25, -0.2) is 13.1 Å². The number of carbonyl (C=O) groups excluding carboxylic acids is 1. The Morgan fingerprint density at radius 2 is 1.89 bits per heavy atom. The molecule has 2 aliphatic carbocycles. The van der Waals surface area contributed by atoms with Crippen molar-refractivity contribution in [2.75, 3.05) is 7.05 Å². The maximum atomic E-state index is 13.1. The van der Waals surface area contributed by atoms with Crippen LogP contribution in [0.4, 0.5) is 0 Å². The van der Waals surface area contributed by atoms with E-state index in [1.165, 1.54) is 23.3 Å². The van der Waals surface area contributed by atoms with Crippen molar-refractivity contribution in [2.45, 2.75) is 49.1 Å². The smallest absolute Gasteiger partial charge is 0.254 e. The second kappa shape index (κ2) is 7.50. The maximum Gasteiger partial charge on any atom is 0.254 e. The average Bonchev–Trinajstić information content (AvgIpc) is 3.50. The van der Waals surface area contributed by atoms with Gasteiger partial charge < -0.3 is 4.90 Å². The Morgan fingerprint density at radius 3 is 2.64 bits per heavy atom. The Kier molecular flexibility index (Phi) is 5.21. The van der Waals surface area contributed by atoms with Crippen LogP contribution in [0, 0.1) is 0 Å². The maximum absolute atomic E-state index is 13.1. The fraction of sp³-hybridized carbons (Fsp3) is 0.381. The van der Waals surface area contributed by atoms with E-state index in [0.717, 1.165) is 32.1 Å².